The number of hydrogen-bond acceptors (Lipinski definition) is 7. The molecule has 6 heterocycles. The molecule has 1 amide bonds. The van der Waals surface area contributed by atoms with Gasteiger partial charge in [0, 0.05) is 66.9 Å². The van der Waals surface area contributed by atoms with E-state index in [1.54, 1.807) is 35.5 Å². The van der Waals surface area contributed by atoms with Crippen molar-refractivity contribution in [2.45, 2.75) is 12.8 Å². The molecule has 6 rings (SSSR count). The van der Waals surface area contributed by atoms with E-state index in [4.69, 9.17) is 0 Å². The average Bonchev–Trinajstić information content (AvgIpc) is 3.29. The van der Waals surface area contributed by atoms with Gasteiger partial charge in [-0.2, -0.15) is 5.10 Å². The average molecular weight is 455 g/mol. The number of amides is 1. The van der Waals surface area contributed by atoms with Crippen molar-refractivity contribution in [1.29, 1.82) is 0 Å². The minimum atomic E-state index is -0.200. The van der Waals surface area contributed by atoms with Gasteiger partial charge in [0.25, 0.3) is 5.91 Å². The lowest BCUT2D eigenvalue weighted by molar-refractivity contribution is 0.102. The predicted molar refractivity (Wildman–Crippen MR) is 131 cm³/mol. The molecule has 4 aromatic rings. The van der Waals surface area contributed by atoms with E-state index in [0.717, 1.165) is 54.0 Å². The number of anilines is 2. The molecule has 0 bridgehead atoms. The first kappa shape index (κ1) is 20.7. The van der Waals surface area contributed by atoms with Crippen LogP contribution in [0.2, 0.25) is 0 Å². The van der Waals surface area contributed by atoms with Gasteiger partial charge in [0.15, 0.2) is 0 Å². The van der Waals surface area contributed by atoms with Crippen molar-refractivity contribution in [3.05, 3.63) is 60.8 Å². The summed E-state index contributed by atoms with van der Waals surface area (Å²) < 4.78 is 1.74. The van der Waals surface area contributed by atoms with Crippen LogP contribution in [-0.2, 0) is 7.05 Å². The summed E-state index contributed by atoms with van der Waals surface area (Å²) in [6.45, 7) is 4.18. The number of carbonyl (C=O) groups excluding carboxylic acids is 1. The molecule has 2 aliphatic rings. The van der Waals surface area contributed by atoms with Crippen LogP contribution in [0.1, 0.15) is 23.2 Å². The zero-order valence-electron chi connectivity index (χ0n) is 19.0. The van der Waals surface area contributed by atoms with Gasteiger partial charge in [-0.1, -0.05) is 0 Å². The number of pyridine rings is 3. The number of aromatic nitrogens is 5. The fourth-order valence-electron chi connectivity index (χ4n) is 4.94. The van der Waals surface area contributed by atoms with Crippen molar-refractivity contribution in [2.24, 2.45) is 12.5 Å². The van der Waals surface area contributed by atoms with Gasteiger partial charge in [-0.15, -0.1) is 0 Å². The van der Waals surface area contributed by atoms with E-state index in [1.165, 1.54) is 12.8 Å². The molecule has 0 atom stereocenters. The number of nitrogens with zero attached hydrogens (tertiary/aromatic N) is 6. The van der Waals surface area contributed by atoms with Gasteiger partial charge in [-0.25, -0.2) is 9.97 Å². The summed E-state index contributed by atoms with van der Waals surface area (Å²) in [5, 5.41) is 12.4. The fourth-order valence-corrected chi connectivity index (χ4v) is 4.94. The van der Waals surface area contributed by atoms with Crippen LogP contribution in [0, 0.1) is 5.41 Å². The third-order valence-corrected chi connectivity index (χ3v) is 6.89. The second-order valence-electron chi connectivity index (χ2n) is 9.35. The van der Waals surface area contributed by atoms with Crippen molar-refractivity contribution >= 4 is 28.3 Å². The Hall–Kier alpha value is -3.85. The molecule has 2 saturated heterocycles. The highest BCUT2D eigenvalue weighted by Crippen LogP contribution is 2.40. The van der Waals surface area contributed by atoms with Crippen LogP contribution in [-0.4, -0.2) is 56.8 Å². The van der Waals surface area contributed by atoms with Gasteiger partial charge in [0.05, 0.1) is 11.9 Å². The summed E-state index contributed by atoms with van der Waals surface area (Å²) in [4.78, 5) is 28.7. The molecule has 0 radical (unpaired) electrons. The molecule has 2 fully saturated rings. The Labute approximate surface area is 197 Å². The first-order chi connectivity index (χ1) is 16.6. The Balaban J connectivity index is 1.18. The number of rotatable bonds is 4. The van der Waals surface area contributed by atoms with Crippen LogP contribution < -0.4 is 15.5 Å². The van der Waals surface area contributed by atoms with E-state index >= 15 is 0 Å². The molecule has 0 aliphatic carbocycles. The van der Waals surface area contributed by atoms with E-state index in [2.05, 4.69) is 35.6 Å². The lowest BCUT2D eigenvalue weighted by Crippen LogP contribution is -2.60. The van der Waals surface area contributed by atoms with Crippen LogP contribution >= 0.6 is 0 Å². The predicted octanol–water partition coefficient (Wildman–Crippen LogP) is 2.87. The van der Waals surface area contributed by atoms with E-state index in [9.17, 15) is 4.79 Å². The van der Waals surface area contributed by atoms with Crippen molar-refractivity contribution in [2.75, 3.05) is 36.4 Å². The van der Waals surface area contributed by atoms with Gasteiger partial charge in [0.2, 0.25) is 0 Å². The summed E-state index contributed by atoms with van der Waals surface area (Å²) in [5.74, 6) is 1.15. The first-order valence-corrected chi connectivity index (χ1v) is 11.5. The molecule has 34 heavy (non-hydrogen) atoms. The topological polar surface area (TPSA) is 101 Å². The largest absolute Gasteiger partial charge is 0.355 e. The second-order valence-corrected chi connectivity index (χ2v) is 9.35. The van der Waals surface area contributed by atoms with E-state index in [0.29, 0.717) is 16.8 Å². The molecule has 0 aromatic carbocycles. The maximum Gasteiger partial charge on any atom is 0.257 e. The van der Waals surface area contributed by atoms with Crippen molar-refractivity contribution in [3.8, 4) is 11.3 Å². The summed E-state index contributed by atoms with van der Waals surface area (Å²) in [7, 11) is 1.88. The lowest BCUT2D eigenvalue weighted by atomic mass is 9.72. The highest BCUT2D eigenvalue weighted by molar-refractivity contribution is 6.05. The summed E-state index contributed by atoms with van der Waals surface area (Å²) in [5.41, 5.74) is 2.74. The summed E-state index contributed by atoms with van der Waals surface area (Å²) in [6.07, 6.45) is 11.3. The Morgan fingerprint density at radius 3 is 2.65 bits per heavy atom. The summed E-state index contributed by atoms with van der Waals surface area (Å²) in [6, 6.07) is 7.46. The third-order valence-electron chi connectivity index (χ3n) is 6.89. The van der Waals surface area contributed by atoms with Crippen molar-refractivity contribution in [3.63, 3.8) is 0 Å². The van der Waals surface area contributed by atoms with Crippen LogP contribution in [0.5, 0.6) is 0 Å². The standard InChI is InChI=1S/C25H26N8O/c1-32-14-20(13-30-32)21-8-18-9-22(29-12-19(18)11-28-21)31-24(34)17-2-5-27-23(10-17)33-15-25(16-33)3-6-26-7-4-25/h2,5,8-14,26H,3-4,6-7,15-16H2,1H3,(H,29,31,34). The van der Waals surface area contributed by atoms with Gasteiger partial charge >= 0.3 is 0 Å². The summed E-state index contributed by atoms with van der Waals surface area (Å²) >= 11 is 0. The Kier molecular flexibility index (Phi) is 4.99. The van der Waals surface area contributed by atoms with Gasteiger partial charge < -0.3 is 15.5 Å². The van der Waals surface area contributed by atoms with E-state index < -0.39 is 0 Å². The zero-order valence-corrected chi connectivity index (χ0v) is 19.0. The normalized spacial score (nSPS) is 17.0. The number of hydrogen-bond donors (Lipinski definition) is 2. The molecule has 2 aliphatic heterocycles. The van der Waals surface area contributed by atoms with Gasteiger partial charge in [-0.3, -0.25) is 14.5 Å². The number of fused-ring (bicyclic) bond motifs is 1. The molecular weight excluding hydrogens is 428 g/mol. The van der Waals surface area contributed by atoms with Gasteiger partial charge in [-0.05, 0) is 55.6 Å². The van der Waals surface area contributed by atoms with Crippen molar-refractivity contribution < 1.29 is 4.79 Å². The van der Waals surface area contributed by atoms with Crippen molar-refractivity contribution in [1.82, 2.24) is 30.0 Å². The molecule has 4 aromatic heterocycles. The van der Waals surface area contributed by atoms with Crippen LogP contribution in [0.15, 0.2) is 55.2 Å². The quantitative estimate of drug-likeness (QED) is 0.489. The molecule has 9 heteroatoms. The molecule has 172 valence electrons. The van der Waals surface area contributed by atoms with Crippen LogP contribution in [0.3, 0.4) is 0 Å². The zero-order chi connectivity index (χ0) is 23.1. The second kappa shape index (κ2) is 8.18. The van der Waals surface area contributed by atoms with Crippen LogP contribution in [0.4, 0.5) is 11.6 Å². The smallest absolute Gasteiger partial charge is 0.257 e. The monoisotopic (exact) mass is 454 g/mol. The SMILES string of the molecule is Cn1cc(-c2cc3cc(NC(=O)c4ccnc(N5CC6(CCNCC6)C5)c4)ncc3cn2)cn1. The van der Waals surface area contributed by atoms with Gasteiger partial charge in [0.1, 0.15) is 11.6 Å². The van der Waals surface area contributed by atoms with Crippen LogP contribution in [0.25, 0.3) is 22.0 Å². The maximum atomic E-state index is 13.0. The lowest BCUT2D eigenvalue weighted by Gasteiger charge is -2.53. The number of nitrogens with one attached hydrogen (secondary N) is 2. The number of carbonyl (C=O) groups is 1. The molecule has 1 spiro atoms. The Morgan fingerprint density at radius 2 is 1.85 bits per heavy atom. The maximum absolute atomic E-state index is 13.0. The Morgan fingerprint density at radius 1 is 1.03 bits per heavy atom. The third kappa shape index (κ3) is 3.88. The molecule has 0 saturated carbocycles. The molecule has 0 unspecified atom stereocenters. The highest BCUT2D eigenvalue weighted by atomic mass is 16.1. The van der Waals surface area contributed by atoms with E-state index in [1.807, 2.05) is 31.4 Å². The molecule has 2 N–H and O–H groups in total. The first-order valence-electron chi connectivity index (χ1n) is 11.5. The number of aryl methyl sites for hydroxylation is 1. The highest BCUT2D eigenvalue weighted by Gasteiger charge is 2.43. The Bertz CT molecular complexity index is 1370. The molecule has 9 nitrogen and oxygen atoms in total. The minimum Gasteiger partial charge on any atom is -0.355 e. The minimum absolute atomic E-state index is 0.200. The number of piperidine rings is 1. The fraction of sp³-hybridized carbons (Fsp3) is 0.320. The van der Waals surface area contributed by atoms with E-state index in [-0.39, 0.29) is 5.91 Å². The molecular formula is C25H26N8O.